The van der Waals surface area contributed by atoms with Crippen LogP contribution in [0.25, 0.3) is 0 Å². The lowest BCUT2D eigenvalue weighted by Gasteiger charge is -2.34. The Bertz CT molecular complexity index is 218. The number of esters is 1. The number of carbonyl (C=O) groups excluding carboxylic acids is 1. The van der Waals surface area contributed by atoms with E-state index in [1.165, 1.54) is 0 Å². The van der Waals surface area contributed by atoms with Gasteiger partial charge in [-0.25, -0.2) is 0 Å². The second-order valence-corrected chi connectivity index (χ2v) is 5.07. The topological polar surface area (TPSA) is 38.3 Å². The third-order valence-electron chi connectivity index (χ3n) is 2.82. The molecule has 13 heavy (non-hydrogen) atoms. The van der Waals surface area contributed by atoms with E-state index < -0.39 is 0 Å². The highest BCUT2D eigenvalue weighted by atomic mass is 16.6. The smallest absolute Gasteiger partial charge is 0.311 e. The third-order valence-corrected chi connectivity index (χ3v) is 2.82. The van der Waals surface area contributed by atoms with Crippen LogP contribution in [0, 0.1) is 11.8 Å². The van der Waals surface area contributed by atoms with Gasteiger partial charge in [0.15, 0.2) is 0 Å². The average molecular weight is 183 g/mol. The van der Waals surface area contributed by atoms with E-state index in [1.807, 2.05) is 20.8 Å². The summed E-state index contributed by atoms with van der Waals surface area (Å²) in [5, 5.41) is 3.31. The van der Waals surface area contributed by atoms with E-state index in [1.54, 1.807) is 0 Å². The van der Waals surface area contributed by atoms with Crippen molar-refractivity contribution in [1.29, 1.82) is 0 Å². The molecule has 74 valence electrons. The van der Waals surface area contributed by atoms with Gasteiger partial charge in [-0.15, -0.1) is 0 Å². The lowest BCUT2D eigenvalue weighted by atomic mass is 9.74. The fraction of sp³-hybridized carbons (Fsp3) is 0.900. The number of carbonyl (C=O) groups is 1. The molecule has 2 heterocycles. The largest absolute Gasteiger partial charge is 0.460 e. The first kappa shape index (κ1) is 9.00. The van der Waals surface area contributed by atoms with Crippen molar-refractivity contribution in [3.05, 3.63) is 0 Å². The van der Waals surface area contributed by atoms with E-state index in [0.29, 0.717) is 12.0 Å². The molecule has 0 unspecified atom stereocenters. The summed E-state index contributed by atoms with van der Waals surface area (Å²) in [4.78, 5) is 11.6. The van der Waals surface area contributed by atoms with Gasteiger partial charge in [0.1, 0.15) is 5.60 Å². The molecule has 0 spiro atoms. The van der Waals surface area contributed by atoms with E-state index >= 15 is 0 Å². The highest BCUT2D eigenvalue weighted by Crippen LogP contribution is 2.41. The molecule has 3 atom stereocenters. The molecule has 3 rings (SSSR count). The molecule has 3 aliphatic rings. The minimum Gasteiger partial charge on any atom is -0.460 e. The van der Waals surface area contributed by atoms with Gasteiger partial charge in [-0.2, -0.15) is 0 Å². The fourth-order valence-electron chi connectivity index (χ4n) is 2.20. The summed E-state index contributed by atoms with van der Waals surface area (Å²) in [5.74, 6) is 0.665. The number of fused-ring (bicyclic) bond motifs is 1. The zero-order valence-electron chi connectivity index (χ0n) is 8.46. The molecular weight excluding hydrogens is 166 g/mol. The van der Waals surface area contributed by atoms with E-state index in [4.69, 9.17) is 4.74 Å². The van der Waals surface area contributed by atoms with Crippen LogP contribution in [0.3, 0.4) is 0 Å². The number of hydrogen-bond donors (Lipinski definition) is 1. The number of hydrogen-bond acceptors (Lipinski definition) is 3. The molecular formula is C10H17NO2. The van der Waals surface area contributed by atoms with Gasteiger partial charge in [-0.05, 0) is 39.7 Å². The van der Waals surface area contributed by atoms with Crippen LogP contribution in [0.5, 0.6) is 0 Å². The molecule has 0 aromatic carbocycles. The average Bonchev–Trinajstić information content (AvgIpc) is 2.36. The zero-order valence-corrected chi connectivity index (χ0v) is 8.46. The Morgan fingerprint density at radius 2 is 2.15 bits per heavy atom. The van der Waals surface area contributed by atoms with Gasteiger partial charge in [0.2, 0.25) is 0 Å². The monoisotopic (exact) mass is 183 g/mol. The molecule has 1 saturated carbocycles. The van der Waals surface area contributed by atoms with E-state index in [-0.39, 0.29) is 17.5 Å². The minimum atomic E-state index is -0.341. The van der Waals surface area contributed by atoms with Crippen molar-refractivity contribution in [2.45, 2.75) is 38.8 Å². The van der Waals surface area contributed by atoms with Crippen molar-refractivity contribution in [2.75, 3.05) is 6.54 Å². The molecule has 3 fully saturated rings. The Kier molecular flexibility index (Phi) is 1.88. The predicted molar refractivity (Wildman–Crippen MR) is 49.2 cm³/mol. The molecule has 2 aliphatic heterocycles. The van der Waals surface area contributed by atoms with Gasteiger partial charge in [0, 0.05) is 6.04 Å². The summed E-state index contributed by atoms with van der Waals surface area (Å²) >= 11 is 0. The second-order valence-electron chi connectivity index (χ2n) is 5.07. The van der Waals surface area contributed by atoms with Crippen LogP contribution in [-0.2, 0) is 9.53 Å². The number of rotatable bonds is 1. The fourth-order valence-corrected chi connectivity index (χ4v) is 2.20. The van der Waals surface area contributed by atoms with Crippen molar-refractivity contribution in [3.63, 3.8) is 0 Å². The molecule has 1 aliphatic carbocycles. The van der Waals surface area contributed by atoms with Crippen LogP contribution < -0.4 is 5.32 Å². The molecule has 1 N–H and O–H groups in total. The van der Waals surface area contributed by atoms with Crippen LogP contribution in [0.15, 0.2) is 0 Å². The number of nitrogens with one attached hydrogen (secondary N) is 1. The van der Waals surface area contributed by atoms with Crippen molar-refractivity contribution in [1.82, 2.24) is 5.32 Å². The normalized spacial score (nSPS) is 37.0. The maximum atomic E-state index is 11.6. The van der Waals surface area contributed by atoms with Gasteiger partial charge >= 0.3 is 5.97 Å². The molecule has 3 nitrogen and oxygen atoms in total. The summed E-state index contributed by atoms with van der Waals surface area (Å²) in [7, 11) is 0. The SMILES string of the molecule is CC(C)(C)OC(=O)[C@@H]1[C@@H]2CN[C@H]1C2. The maximum absolute atomic E-state index is 11.6. The summed E-state index contributed by atoms with van der Waals surface area (Å²) in [6.07, 6.45) is 1.16. The van der Waals surface area contributed by atoms with E-state index in [9.17, 15) is 4.79 Å². The summed E-state index contributed by atoms with van der Waals surface area (Å²) in [5.41, 5.74) is -0.341. The van der Waals surface area contributed by atoms with Gasteiger partial charge < -0.3 is 10.1 Å². The Morgan fingerprint density at radius 1 is 1.46 bits per heavy atom. The lowest BCUT2D eigenvalue weighted by Crippen LogP contribution is -2.45. The molecule has 3 heteroatoms. The lowest BCUT2D eigenvalue weighted by molar-refractivity contribution is -0.165. The molecule has 0 amide bonds. The van der Waals surface area contributed by atoms with Crippen LogP contribution in [-0.4, -0.2) is 24.2 Å². The molecule has 0 aromatic rings. The quantitative estimate of drug-likeness (QED) is 0.615. The van der Waals surface area contributed by atoms with Crippen LogP contribution in [0.4, 0.5) is 0 Å². The predicted octanol–water partition coefficient (Wildman–Crippen LogP) is 0.936. The van der Waals surface area contributed by atoms with E-state index in [2.05, 4.69) is 5.32 Å². The van der Waals surface area contributed by atoms with Crippen LogP contribution in [0.2, 0.25) is 0 Å². The molecule has 2 bridgehead atoms. The summed E-state index contributed by atoms with van der Waals surface area (Å²) in [6, 6.07) is 0.403. The summed E-state index contributed by atoms with van der Waals surface area (Å²) in [6.45, 7) is 6.74. The van der Waals surface area contributed by atoms with Gasteiger partial charge in [-0.3, -0.25) is 4.79 Å². The first-order valence-corrected chi connectivity index (χ1v) is 4.93. The van der Waals surface area contributed by atoms with Crippen molar-refractivity contribution < 1.29 is 9.53 Å². The van der Waals surface area contributed by atoms with Crippen molar-refractivity contribution in [2.24, 2.45) is 11.8 Å². The van der Waals surface area contributed by atoms with Gasteiger partial charge in [-0.1, -0.05) is 0 Å². The van der Waals surface area contributed by atoms with Crippen LogP contribution >= 0.6 is 0 Å². The standard InChI is InChI=1S/C10H17NO2/c1-10(2,3)13-9(12)8-6-4-7(8)11-5-6/h6-8,11H,4-5H2,1-3H3/t6-,7-,8+/m0/s1. The Morgan fingerprint density at radius 3 is 2.54 bits per heavy atom. The first-order valence-electron chi connectivity index (χ1n) is 4.93. The highest BCUT2D eigenvalue weighted by molar-refractivity contribution is 5.76. The third kappa shape index (κ3) is 1.57. The highest BCUT2D eigenvalue weighted by Gasteiger charge is 2.52. The maximum Gasteiger partial charge on any atom is 0.311 e. The first-order chi connectivity index (χ1) is 5.97. The van der Waals surface area contributed by atoms with Crippen molar-refractivity contribution in [3.8, 4) is 0 Å². The van der Waals surface area contributed by atoms with Crippen molar-refractivity contribution >= 4 is 5.97 Å². The van der Waals surface area contributed by atoms with E-state index in [0.717, 1.165) is 13.0 Å². The molecule has 0 aromatic heterocycles. The van der Waals surface area contributed by atoms with Crippen LogP contribution in [0.1, 0.15) is 27.2 Å². The Hall–Kier alpha value is -0.570. The summed E-state index contributed by atoms with van der Waals surface area (Å²) < 4.78 is 5.34. The Labute approximate surface area is 78.8 Å². The zero-order chi connectivity index (χ0) is 9.64. The number of ether oxygens (including phenoxy) is 1. The second kappa shape index (κ2) is 2.71. The minimum absolute atomic E-state index is 0.0150. The molecule has 2 saturated heterocycles. The molecule has 0 radical (unpaired) electrons. The van der Waals surface area contributed by atoms with Gasteiger partial charge in [0.25, 0.3) is 0 Å². The van der Waals surface area contributed by atoms with Gasteiger partial charge in [0.05, 0.1) is 5.92 Å². The Balaban J connectivity index is 1.92.